The van der Waals surface area contributed by atoms with E-state index in [1.54, 1.807) is 19.1 Å². The molecule has 1 fully saturated rings. The summed E-state index contributed by atoms with van der Waals surface area (Å²) in [7, 11) is 0. The van der Waals surface area contributed by atoms with E-state index in [0.29, 0.717) is 5.75 Å². The summed E-state index contributed by atoms with van der Waals surface area (Å²) in [4.78, 5) is 11.4. The second-order valence-corrected chi connectivity index (χ2v) is 7.02. The first-order valence-corrected chi connectivity index (χ1v) is 8.08. The zero-order valence-electron chi connectivity index (χ0n) is 13.3. The van der Waals surface area contributed by atoms with Crippen molar-refractivity contribution in [3.63, 3.8) is 0 Å². The van der Waals surface area contributed by atoms with Gasteiger partial charge in [-0.15, -0.1) is 0 Å². The maximum absolute atomic E-state index is 12.9. The van der Waals surface area contributed by atoms with Crippen molar-refractivity contribution in [2.75, 3.05) is 0 Å². The first kappa shape index (κ1) is 17.0. The van der Waals surface area contributed by atoms with Crippen LogP contribution in [0.5, 0.6) is 17.2 Å². The Morgan fingerprint density at radius 1 is 1.23 bits per heavy atom. The van der Waals surface area contributed by atoms with E-state index >= 15 is 0 Å². The Morgan fingerprint density at radius 3 is 2.62 bits per heavy atom. The third kappa shape index (κ3) is 2.49. The molecule has 8 heteroatoms. The number of carboxylic acids is 1. The van der Waals surface area contributed by atoms with Crippen LogP contribution in [-0.2, 0) is 11.0 Å². The summed E-state index contributed by atoms with van der Waals surface area (Å²) in [5.41, 5.74) is -1.09. The summed E-state index contributed by atoms with van der Waals surface area (Å²) in [6.07, 6.45) is -4.97. The van der Waals surface area contributed by atoms with Crippen LogP contribution in [0.3, 0.4) is 0 Å². The van der Waals surface area contributed by atoms with E-state index in [1.807, 2.05) is 0 Å². The van der Waals surface area contributed by atoms with Gasteiger partial charge in [-0.25, -0.2) is 0 Å². The SMILES string of the molecule is C[C@@]1(C(=O)O)[C@@H]2Oc3cc(Oc4cc(Cl)cc(C(F)(F)F)c4)ccc3[C@@H]21. The highest BCUT2D eigenvalue weighted by atomic mass is 35.5. The number of hydrogen-bond acceptors (Lipinski definition) is 3. The molecule has 2 aromatic rings. The summed E-state index contributed by atoms with van der Waals surface area (Å²) in [5.74, 6) is -0.445. The quantitative estimate of drug-likeness (QED) is 0.799. The molecule has 4 rings (SSSR count). The van der Waals surface area contributed by atoms with Gasteiger partial charge in [-0.05, 0) is 31.2 Å². The maximum Gasteiger partial charge on any atom is 0.416 e. The van der Waals surface area contributed by atoms with Crippen LogP contribution in [0, 0.1) is 5.41 Å². The molecule has 0 aromatic heterocycles. The van der Waals surface area contributed by atoms with Gasteiger partial charge in [0, 0.05) is 22.6 Å². The van der Waals surface area contributed by atoms with Crippen LogP contribution in [0.1, 0.15) is 24.0 Å². The highest BCUT2D eigenvalue weighted by Crippen LogP contribution is 2.67. The van der Waals surface area contributed by atoms with Crippen molar-refractivity contribution in [3.8, 4) is 17.2 Å². The Balaban J connectivity index is 1.59. The lowest BCUT2D eigenvalue weighted by atomic mass is 10.00. The van der Waals surface area contributed by atoms with Gasteiger partial charge in [0.15, 0.2) is 0 Å². The van der Waals surface area contributed by atoms with Crippen molar-refractivity contribution in [2.45, 2.75) is 25.1 Å². The number of carbonyl (C=O) groups is 1. The van der Waals surface area contributed by atoms with Crippen LogP contribution >= 0.6 is 11.6 Å². The standard InChI is InChI=1S/C18H12ClF3O4/c1-17(16(23)24)14-12-3-2-10(7-13(12)26-15(14)17)25-11-5-8(18(20,21)22)4-9(19)6-11/h2-7,14-15H,1H3,(H,23,24)/t14-,15+,17-/m0/s1. The Hall–Kier alpha value is -2.41. The van der Waals surface area contributed by atoms with Crippen LogP contribution in [0.25, 0.3) is 0 Å². The van der Waals surface area contributed by atoms with Gasteiger partial charge in [-0.2, -0.15) is 13.2 Å². The Morgan fingerprint density at radius 2 is 1.96 bits per heavy atom. The van der Waals surface area contributed by atoms with Gasteiger partial charge in [0.2, 0.25) is 0 Å². The van der Waals surface area contributed by atoms with E-state index in [0.717, 1.165) is 17.7 Å². The van der Waals surface area contributed by atoms with Crippen LogP contribution in [0.4, 0.5) is 13.2 Å². The molecule has 0 amide bonds. The molecule has 1 heterocycles. The third-order valence-electron chi connectivity index (χ3n) is 4.90. The third-order valence-corrected chi connectivity index (χ3v) is 5.12. The summed E-state index contributed by atoms with van der Waals surface area (Å²) in [6.45, 7) is 1.63. The van der Waals surface area contributed by atoms with Gasteiger partial charge in [-0.1, -0.05) is 17.7 Å². The lowest BCUT2D eigenvalue weighted by Gasteiger charge is -2.15. The number of aliphatic carboxylic acids is 1. The fraction of sp³-hybridized carbons (Fsp3) is 0.278. The average molecular weight is 385 g/mol. The van der Waals surface area contributed by atoms with Crippen molar-refractivity contribution in [1.82, 2.24) is 0 Å². The summed E-state index contributed by atoms with van der Waals surface area (Å²) < 4.78 is 49.8. The summed E-state index contributed by atoms with van der Waals surface area (Å²) in [6, 6.07) is 7.75. The molecule has 4 nitrogen and oxygen atoms in total. The molecule has 1 N–H and O–H groups in total. The number of rotatable bonds is 3. The van der Waals surface area contributed by atoms with Gasteiger partial charge >= 0.3 is 12.1 Å². The molecule has 2 aliphatic rings. The van der Waals surface area contributed by atoms with Crippen molar-refractivity contribution in [3.05, 3.63) is 52.5 Å². The molecule has 3 atom stereocenters. The lowest BCUT2D eigenvalue weighted by Crippen LogP contribution is -2.20. The van der Waals surface area contributed by atoms with E-state index in [9.17, 15) is 23.1 Å². The number of fused-ring (bicyclic) bond motifs is 3. The number of halogens is 4. The Bertz CT molecular complexity index is 927. The predicted molar refractivity (Wildman–Crippen MR) is 85.9 cm³/mol. The second kappa shape index (κ2) is 5.30. The van der Waals surface area contributed by atoms with Gasteiger partial charge in [0.1, 0.15) is 28.8 Å². The molecule has 0 radical (unpaired) electrons. The highest BCUT2D eigenvalue weighted by molar-refractivity contribution is 6.30. The monoisotopic (exact) mass is 384 g/mol. The second-order valence-electron chi connectivity index (χ2n) is 6.58. The fourth-order valence-corrected chi connectivity index (χ4v) is 3.63. The van der Waals surface area contributed by atoms with Crippen LogP contribution in [-0.4, -0.2) is 17.2 Å². The van der Waals surface area contributed by atoms with Gasteiger partial charge < -0.3 is 14.6 Å². The molecule has 0 saturated heterocycles. The molecule has 26 heavy (non-hydrogen) atoms. The Labute approximate surface area is 151 Å². The predicted octanol–water partition coefficient (Wildman–Crippen LogP) is 5.10. The van der Waals surface area contributed by atoms with E-state index in [1.165, 1.54) is 12.1 Å². The van der Waals surface area contributed by atoms with Crippen molar-refractivity contribution < 1.29 is 32.5 Å². The highest BCUT2D eigenvalue weighted by Gasteiger charge is 2.73. The number of ether oxygens (including phenoxy) is 2. The number of benzene rings is 2. The van der Waals surface area contributed by atoms with E-state index in [4.69, 9.17) is 21.1 Å². The summed E-state index contributed by atoms with van der Waals surface area (Å²) >= 11 is 5.74. The fourth-order valence-electron chi connectivity index (χ4n) is 3.40. The molecule has 0 bridgehead atoms. The van der Waals surface area contributed by atoms with Crippen molar-refractivity contribution in [1.29, 1.82) is 0 Å². The van der Waals surface area contributed by atoms with Crippen LogP contribution in [0.15, 0.2) is 36.4 Å². The van der Waals surface area contributed by atoms with E-state index in [-0.39, 0.29) is 22.4 Å². The minimum absolute atomic E-state index is 0.0525. The Kier molecular flexibility index (Phi) is 3.47. The number of alkyl halides is 3. The summed E-state index contributed by atoms with van der Waals surface area (Å²) in [5, 5.41) is 9.21. The smallest absolute Gasteiger partial charge is 0.416 e. The normalized spacial score (nSPS) is 25.9. The molecular formula is C18H12ClF3O4. The van der Waals surface area contributed by atoms with Crippen molar-refractivity contribution >= 4 is 17.6 Å². The average Bonchev–Trinajstić information content (AvgIpc) is 2.95. The molecule has 136 valence electrons. The van der Waals surface area contributed by atoms with Gasteiger partial charge in [-0.3, -0.25) is 4.79 Å². The maximum atomic E-state index is 12.9. The molecule has 1 saturated carbocycles. The zero-order valence-corrected chi connectivity index (χ0v) is 14.1. The topological polar surface area (TPSA) is 55.8 Å². The molecule has 0 spiro atoms. The van der Waals surface area contributed by atoms with E-state index < -0.39 is 29.2 Å². The van der Waals surface area contributed by atoms with Crippen LogP contribution in [0.2, 0.25) is 5.02 Å². The van der Waals surface area contributed by atoms with E-state index in [2.05, 4.69) is 0 Å². The molecule has 2 aromatic carbocycles. The van der Waals surface area contributed by atoms with Crippen LogP contribution < -0.4 is 9.47 Å². The van der Waals surface area contributed by atoms with Gasteiger partial charge in [0.05, 0.1) is 5.56 Å². The minimum Gasteiger partial charge on any atom is -0.488 e. The molecule has 1 aliphatic carbocycles. The van der Waals surface area contributed by atoms with Gasteiger partial charge in [0.25, 0.3) is 0 Å². The molecule has 1 aliphatic heterocycles. The minimum atomic E-state index is -4.54. The first-order chi connectivity index (χ1) is 12.1. The molecule has 0 unspecified atom stereocenters. The molecular weight excluding hydrogens is 373 g/mol. The lowest BCUT2D eigenvalue weighted by molar-refractivity contribution is -0.144. The van der Waals surface area contributed by atoms with Crippen molar-refractivity contribution in [2.24, 2.45) is 5.41 Å². The number of hydrogen-bond donors (Lipinski definition) is 1. The first-order valence-electron chi connectivity index (χ1n) is 7.70. The number of carboxylic acid groups (broad SMARTS) is 1. The largest absolute Gasteiger partial charge is 0.488 e. The zero-order chi connectivity index (χ0) is 18.9.